The summed E-state index contributed by atoms with van der Waals surface area (Å²) in [6.45, 7) is 0. The third-order valence-corrected chi connectivity index (χ3v) is 5.76. The lowest BCUT2D eigenvalue weighted by Gasteiger charge is -2.35. The molecular weight excluding hydrogens is 485 g/mol. The van der Waals surface area contributed by atoms with Crippen LogP contribution in [0.5, 0.6) is 0 Å². The van der Waals surface area contributed by atoms with Gasteiger partial charge in [0.15, 0.2) is 0 Å². The second-order valence-electron chi connectivity index (χ2n) is 8.24. The van der Waals surface area contributed by atoms with Gasteiger partial charge in [0.05, 0.1) is 16.2 Å². The number of urea groups is 1. The van der Waals surface area contributed by atoms with Crippen molar-refractivity contribution in [3.05, 3.63) is 136 Å². The highest BCUT2D eigenvalue weighted by Gasteiger charge is 2.40. The zero-order chi connectivity index (χ0) is 26.5. The summed E-state index contributed by atoms with van der Waals surface area (Å²) in [6.07, 6.45) is -3.00. The third kappa shape index (κ3) is 5.92. The molecule has 188 valence electrons. The topological polar surface area (TPSA) is 97.2 Å². The van der Waals surface area contributed by atoms with Crippen molar-refractivity contribution in [1.82, 2.24) is 10.3 Å². The summed E-state index contributed by atoms with van der Waals surface area (Å²) >= 11 is 0. The first-order valence-electron chi connectivity index (χ1n) is 11.1. The monoisotopic (exact) mass is 506 g/mol. The highest BCUT2D eigenvalue weighted by Crippen LogP contribution is 2.37. The van der Waals surface area contributed by atoms with E-state index in [1.54, 1.807) is 42.5 Å². The van der Waals surface area contributed by atoms with Gasteiger partial charge in [0.2, 0.25) is 0 Å². The summed E-state index contributed by atoms with van der Waals surface area (Å²) in [7, 11) is 0. The predicted molar refractivity (Wildman–Crippen MR) is 132 cm³/mol. The lowest BCUT2D eigenvalue weighted by atomic mass is 9.80. The Labute approximate surface area is 210 Å². The summed E-state index contributed by atoms with van der Waals surface area (Å²) < 4.78 is 41.0. The van der Waals surface area contributed by atoms with Crippen LogP contribution in [0.25, 0.3) is 0 Å². The molecule has 1 heterocycles. The van der Waals surface area contributed by atoms with Crippen LogP contribution >= 0.6 is 0 Å². The zero-order valence-electron chi connectivity index (χ0n) is 19.3. The maximum atomic E-state index is 13.7. The Morgan fingerprint density at radius 3 is 2.16 bits per heavy atom. The molecule has 0 saturated heterocycles. The molecule has 2 amide bonds. The van der Waals surface area contributed by atoms with Gasteiger partial charge in [-0.2, -0.15) is 13.2 Å². The summed E-state index contributed by atoms with van der Waals surface area (Å²) in [6, 6.07) is 23.2. The Balaban J connectivity index is 1.81. The van der Waals surface area contributed by atoms with Gasteiger partial charge in [0.25, 0.3) is 5.69 Å². The number of anilines is 1. The van der Waals surface area contributed by atoms with Gasteiger partial charge >= 0.3 is 12.2 Å². The maximum Gasteiger partial charge on any atom is 0.416 e. The standard InChI is InChI=1S/C27H21F3N4O3/c28-27(29,30)21-10-6-9-20(17-21)26(24-11-4-5-16-31-24,18-19-7-2-1-3-8-19)33-25(35)32-22-12-14-23(15-13-22)34(36)37/h1-17H,18H2,(H2,32,33,35). The number of alkyl halides is 3. The van der Waals surface area contributed by atoms with Crippen molar-refractivity contribution in [2.75, 3.05) is 5.32 Å². The fourth-order valence-electron chi connectivity index (χ4n) is 4.02. The summed E-state index contributed by atoms with van der Waals surface area (Å²) in [5.74, 6) is 0. The van der Waals surface area contributed by atoms with Crippen molar-refractivity contribution in [3.8, 4) is 0 Å². The smallest absolute Gasteiger partial charge is 0.322 e. The molecule has 0 radical (unpaired) electrons. The van der Waals surface area contributed by atoms with Gasteiger partial charge in [-0.1, -0.05) is 48.5 Å². The number of aromatic nitrogens is 1. The van der Waals surface area contributed by atoms with Crippen molar-refractivity contribution in [2.24, 2.45) is 0 Å². The second-order valence-corrected chi connectivity index (χ2v) is 8.24. The molecule has 7 nitrogen and oxygen atoms in total. The minimum atomic E-state index is -4.60. The molecule has 0 aliphatic carbocycles. The molecule has 2 N–H and O–H groups in total. The molecule has 4 rings (SSSR count). The van der Waals surface area contributed by atoms with Crippen molar-refractivity contribution >= 4 is 17.4 Å². The van der Waals surface area contributed by atoms with Crippen molar-refractivity contribution in [1.29, 1.82) is 0 Å². The Bertz CT molecular complexity index is 1380. The Morgan fingerprint density at radius 2 is 1.54 bits per heavy atom. The summed E-state index contributed by atoms with van der Waals surface area (Å²) in [4.78, 5) is 28.0. The zero-order valence-corrected chi connectivity index (χ0v) is 19.3. The number of rotatable bonds is 7. The van der Waals surface area contributed by atoms with E-state index in [-0.39, 0.29) is 23.4 Å². The van der Waals surface area contributed by atoms with Crippen LogP contribution in [0.2, 0.25) is 0 Å². The van der Waals surface area contributed by atoms with E-state index >= 15 is 0 Å². The van der Waals surface area contributed by atoms with Crippen LogP contribution in [-0.2, 0) is 18.1 Å². The average Bonchev–Trinajstić information content (AvgIpc) is 2.89. The highest BCUT2D eigenvalue weighted by molar-refractivity contribution is 5.90. The Morgan fingerprint density at radius 1 is 0.865 bits per heavy atom. The van der Waals surface area contributed by atoms with E-state index in [1.807, 2.05) is 6.07 Å². The normalized spacial score (nSPS) is 12.8. The van der Waals surface area contributed by atoms with Crippen LogP contribution < -0.4 is 10.6 Å². The number of nitro benzene ring substituents is 1. The predicted octanol–water partition coefficient (Wildman–Crippen LogP) is 6.32. The first kappa shape index (κ1) is 25.4. The van der Waals surface area contributed by atoms with Crippen LogP contribution in [0, 0.1) is 10.1 Å². The molecule has 0 aliphatic heterocycles. The van der Waals surface area contributed by atoms with Crippen molar-refractivity contribution in [3.63, 3.8) is 0 Å². The first-order chi connectivity index (χ1) is 17.7. The average molecular weight is 506 g/mol. The molecule has 0 bridgehead atoms. The number of nitrogens with one attached hydrogen (secondary N) is 2. The third-order valence-electron chi connectivity index (χ3n) is 5.76. The highest BCUT2D eigenvalue weighted by atomic mass is 19.4. The van der Waals surface area contributed by atoms with Crippen molar-refractivity contribution < 1.29 is 22.9 Å². The number of carbonyl (C=O) groups excluding carboxylic acids is 1. The van der Waals surface area contributed by atoms with E-state index in [9.17, 15) is 28.1 Å². The molecule has 10 heteroatoms. The minimum Gasteiger partial charge on any atom is -0.322 e. The van der Waals surface area contributed by atoms with E-state index in [4.69, 9.17) is 0 Å². The number of carbonyl (C=O) groups is 1. The SMILES string of the molecule is O=C(Nc1ccc([N+](=O)[O-])cc1)NC(Cc1ccccc1)(c1cccc(C(F)(F)F)c1)c1ccccn1. The van der Waals surface area contributed by atoms with Crippen LogP contribution in [0.4, 0.5) is 29.3 Å². The van der Waals surface area contributed by atoms with Crippen molar-refractivity contribution in [2.45, 2.75) is 18.1 Å². The van der Waals surface area contributed by atoms with Crippen LogP contribution in [0.3, 0.4) is 0 Å². The fraction of sp³-hybridized carbons (Fsp3) is 0.111. The van der Waals surface area contributed by atoms with E-state index in [1.165, 1.54) is 42.6 Å². The Hall–Kier alpha value is -4.73. The molecular formula is C27H21F3N4O3. The molecule has 0 fully saturated rings. The number of pyridine rings is 1. The van der Waals surface area contributed by atoms with Gasteiger partial charge in [-0.25, -0.2) is 4.79 Å². The molecule has 4 aromatic rings. The number of benzene rings is 3. The van der Waals surface area contributed by atoms with E-state index in [2.05, 4.69) is 15.6 Å². The van der Waals surface area contributed by atoms with E-state index in [0.717, 1.165) is 17.7 Å². The van der Waals surface area contributed by atoms with Gasteiger partial charge in [-0.05, 0) is 47.5 Å². The van der Waals surface area contributed by atoms with Gasteiger partial charge in [0.1, 0.15) is 5.54 Å². The number of hydrogen-bond acceptors (Lipinski definition) is 4. The number of nitro groups is 1. The van der Waals surface area contributed by atoms with E-state index < -0.39 is 28.2 Å². The molecule has 37 heavy (non-hydrogen) atoms. The number of halogens is 3. The van der Waals surface area contributed by atoms with Crippen LogP contribution in [-0.4, -0.2) is 15.9 Å². The molecule has 1 unspecified atom stereocenters. The fourth-order valence-corrected chi connectivity index (χ4v) is 4.02. The summed E-state index contributed by atoms with van der Waals surface area (Å²) in [5.41, 5.74) is -0.976. The van der Waals surface area contributed by atoms with Crippen LogP contribution in [0.1, 0.15) is 22.4 Å². The lowest BCUT2D eigenvalue weighted by Crippen LogP contribution is -2.50. The van der Waals surface area contributed by atoms with Crippen LogP contribution in [0.15, 0.2) is 103 Å². The number of non-ortho nitro benzene ring substituents is 1. The van der Waals surface area contributed by atoms with Gasteiger partial charge in [0, 0.05) is 30.4 Å². The molecule has 0 spiro atoms. The van der Waals surface area contributed by atoms with Gasteiger partial charge < -0.3 is 10.6 Å². The Kier molecular flexibility index (Phi) is 7.19. The van der Waals surface area contributed by atoms with Gasteiger partial charge in [-0.3, -0.25) is 15.1 Å². The first-order valence-corrected chi connectivity index (χ1v) is 11.1. The maximum absolute atomic E-state index is 13.7. The number of amides is 2. The molecule has 0 saturated carbocycles. The largest absolute Gasteiger partial charge is 0.416 e. The molecule has 3 aromatic carbocycles. The minimum absolute atomic E-state index is 0.0971. The number of nitrogens with zero attached hydrogens (tertiary/aromatic N) is 2. The quantitative estimate of drug-likeness (QED) is 0.227. The molecule has 0 aliphatic rings. The molecule has 1 atom stereocenters. The summed E-state index contributed by atoms with van der Waals surface area (Å²) in [5, 5.41) is 16.4. The van der Waals surface area contributed by atoms with Gasteiger partial charge in [-0.15, -0.1) is 0 Å². The van der Waals surface area contributed by atoms with E-state index in [0.29, 0.717) is 5.69 Å². The number of hydrogen-bond donors (Lipinski definition) is 2. The lowest BCUT2D eigenvalue weighted by molar-refractivity contribution is -0.384. The molecule has 1 aromatic heterocycles. The second kappa shape index (κ2) is 10.5.